The van der Waals surface area contributed by atoms with E-state index in [2.05, 4.69) is 20.8 Å². The predicted octanol–water partition coefficient (Wildman–Crippen LogP) is 4.55. The molecule has 2 bridgehead atoms. The molecule has 0 radical (unpaired) electrons. The summed E-state index contributed by atoms with van der Waals surface area (Å²) < 4.78 is 5.05. The van der Waals surface area contributed by atoms with E-state index in [1.54, 1.807) is 11.8 Å². The summed E-state index contributed by atoms with van der Waals surface area (Å²) in [6, 6.07) is 9.52. The van der Waals surface area contributed by atoms with Gasteiger partial charge in [-0.05, 0) is 37.3 Å². The lowest BCUT2D eigenvalue weighted by atomic mass is 9.74. The van der Waals surface area contributed by atoms with Gasteiger partial charge in [0, 0.05) is 18.0 Å². The van der Waals surface area contributed by atoms with Crippen LogP contribution in [0.15, 0.2) is 35.9 Å². The van der Waals surface area contributed by atoms with Crippen molar-refractivity contribution in [3.63, 3.8) is 0 Å². The Bertz CT molecular complexity index is 619. The van der Waals surface area contributed by atoms with Gasteiger partial charge in [-0.3, -0.25) is 9.69 Å². The fourth-order valence-corrected chi connectivity index (χ4v) is 3.22. The zero-order chi connectivity index (χ0) is 18.4. The minimum Gasteiger partial charge on any atom is -0.450 e. The van der Waals surface area contributed by atoms with Crippen LogP contribution >= 0.6 is 0 Å². The summed E-state index contributed by atoms with van der Waals surface area (Å²) in [4.78, 5) is 26.1. The number of benzene rings is 1. The molecule has 1 saturated carbocycles. The summed E-state index contributed by atoms with van der Waals surface area (Å²) in [7, 11) is 0. The second kappa shape index (κ2) is 8.84. The fourth-order valence-electron chi connectivity index (χ4n) is 3.22. The molecule has 2 heterocycles. The van der Waals surface area contributed by atoms with Crippen molar-refractivity contribution >= 4 is 18.0 Å². The Morgan fingerprint density at radius 3 is 2.44 bits per heavy atom. The van der Waals surface area contributed by atoms with Crippen LogP contribution in [0.5, 0.6) is 0 Å². The number of carbonyl (C=O) groups is 2. The van der Waals surface area contributed by atoms with E-state index in [-0.39, 0.29) is 23.8 Å². The van der Waals surface area contributed by atoms with Crippen LogP contribution in [0.4, 0.5) is 4.79 Å². The number of piperidine rings is 2. The molecule has 2 unspecified atom stereocenters. The van der Waals surface area contributed by atoms with Crippen molar-refractivity contribution in [3.05, 3.63) is 41.5 Å². The molecule has 1 aliphatic carbocycles. The third-order valence-electron chi connectivity index (χ3n) is 4.23. The van der Waals surface area contributed by atoms with Crippen LogP contribution in [-0.2, 0) is 9.53 Å². The van der Waals surface area contributed by atoms with Crippen LogP contribution < -0.4 is 0 Å². The van der Waals surface area contributed by atoms with Gasteiger partial charge in [-0.25, -0.2) is 4.79 Å². The molecule has 4 rings (SSSR count). The first-order valence-corrected chi connectivity index (χ1v) is 9.18. The molecule has 136 valence electrons. The lowest BCUT2D eigenvalue weighted by Crippen LogP contribution is -2.57. The molecule has 4 nitrogen and oxygen atoms in total. The zero-order valence-corrected chi connectivity index (χ0v) is 15.7. The van der Waals surface area contributed by atoms with Gasteiger partial charge in [0.15, 0.2) is 5.78 Å². The molecule has 2 aliphatic heterocycles. The van der Waals surface area contributed by atoms with Crippen molar-refractivity contribution in [2.75, 3.05) is 13.2 Å². The number of amides is 1. The average molecular weight is 343 g/mol. The standard InChI is InChI=1S/C17H19NO3.C4H10/c1-2-21-17(20)18-11-13-8-9-15(18)16(19)14(13)10-12-6-4-3-5-7-12;1-4(2)3/h3-7,10,13,15H,2,8-9,11H2,1H3;4H,1-3H3/b14-10+;. The quantitative estimate of drug-likeness (QED) is 0.740. The van der Waals surface area contributed by atoms with E-state index in [9.17, 15) is 9.59 Å². The van der Waals surface area contributed by atoms with Gasteiger partial charge < -0.3 is 4.74 Å². The van der Waals surface area contributed by atoms with E-state index in [1.807, 2.05) is 36.4 Å². The van der Waals surface area contributed by atoms with Crippen molar-refractivity contribution in [2.24, 2.45) is 11.8 Å². The van der Waals surface area contributed by atoms with Crippen LogP contribution in [-0.4, -0.2) is 36.0 Å². The van der Waals surface area contributed by atoms with Crippen molar-refractivity contribution < 1.29 is 14.3 Å². The number of nitrogens with zero attached hydrogens (tertiary/aromatic N) is 1. The van der Waals surface area contributed by atoms with E-state index in [4.69, 9.17) is 4.74 Å². The molecule has 0 N–H and O–H groups in total. The van der Waals surface area contributed by atoms with Gasteiger partial charge >= 0.3 is 6.09 Å². The molecule has 3 fully saturated rings. The maximum atomic E-state index is 12.6. The van der Waals surface area contributed by atoms with Crippen LogP contribution in [0, 0.1) is 11.8 Å². The van der Waals surface area contributed by atoms with Gasteiger partial charge in [-0.15, -0.1) is 0 Å². The first-order valence-electron chi connectivity index (χ1n) is 9.18. The normalized spacial score (nSPS) is 23.5. The lowest BCUT2D eigenvalue weighted by Gasteiger charge is -2.44. The summed E-state index contributed by atoms with van der Waals surface area (Å²) in [6.45, 7) is 9.21. The van der Waals surface area contributed by atoms with Crippen LogP contribution in [0.1, 0.15) is 46.1 Å². The minimum atomic E-state index is -0.362. The summed E-state index contributed by atoms with van der Waals surface area (Å²) in [5, 5.41) is 0. The van der Waals surface area contributed by atoms with Crippen molar-refractivity contribution in [3.8, 4) is 0 Å². The molecule has 2 atom stereocenters. The third-order valence-corrected chi connectivity index (χ3v) is 4.23. The molecule has 0 spiro atoms. The Morgan fingerprint density at radius 2 is 1.88 bits per heavy atom. The van der Waals surface area contributed by atoms with Crippen LogP contribution in [0.25, 0.3) is 6.08 Å². The maximum Gasteiger partial charge on any atom is 0.410 e. The smallest absolute Gasteiger partial charge is 0.410 e. The molecule has 1 aromatic rings. The van der Waals surface area contributed by atoms with Gasteiger partial charge in [0.1, 0.15) is 0 Å². The number of fused-ring (bicyclic) bond motifs is 3. The number of hydrogen-bond acceptors (Lipinski definition) is 3. The molecule has 3 aliphatic rings. The number of hydrogen-bond donors (Lipinski definition) is 0. The molecule has 4 heteroatoms. The summed E-state index contributed by atoms with van der Waals surface area (Å²) in [5.41, 5.74) is 1.90. The van der Waals surface area contributed by atoms with Gasteiger partial charge in [-0.1, -0.05) is 51.1 Å². The SMILES string of the molecule is CC(C)C.CCOC(=O)N1CC2CCC1C(=O)/C2=C/c1ccccc1. The monoisotopic (exact) mass is 343 g/mol. The first-order chi connectivity index (χ1) is 11.9. The Morgan fingerprint density at radius 1 is 1.24 bits per heavy atom. The number of rotatable bonds is 2. The number of Topliss-reactive ketones (excluding diaryl/α,β-unsaturated/α-hetero) is 1. The van der Waals surface area contributed by atoms with Gasteiger partial charge in [0.05, 0.1) is 12.6 Å². The molecular formula is C21H29NO3. The largest absolute Gasteiger partial charge is 0.450 e. The highest BCUT2D eigenvalue weighted by Gasteiger charge is 2.45. The summed E-state index contributed by atoms with van der Waals surface area (Å²) >= 11 is 0. The molecule has 2 saturated heterocycles. The van der Waals surface area contributed by atoms with E-state index in [1.165, 1.54) is 0 Å². The highest BCUT2D eigenvalue weighted by atomic mass is 16.6. The number of carbonyl (C=O) groups excluding carboxylic acids is 2. The predicted molar refractivity (Wildman–Crippen MR) is 100 cm³/mol. The van der Waals surface area contributed by atoms with E-state index in [0.29, 0.717) is 13.2 Å². The van der Waals surface area contributed by atoms with Gasteiger partial charge in [0.2, 0.25) is 0 Å². The minimum absolute atomic E-state index is 0.0782. The van der Waals surface area contributed by atoms with E-state index >= 15 is 0 Å². The second-order valence-electron chi connectivity index (χ2n) is 7.25. The van der Waals surface area contributed by atoms with E-state index in [0.717, 1.165) is 29.9 Å². The highest BCUT2D eigenvalue weighted by Crippen LogP contribution is 2.37. The lowest BCUT2D eigenvalue weighted by molar-refractivity contribution is -0.125. The number of ether oxygens (including phenoxy) is 1. The van der Waals surface area contributed by atoms with Gasteiger partial charge in [0.25, 0.3) is 0 Å². The first kappa shape index (κ1) is 19.2. The molecule has 25 heavy (non-hydrogen) atoms. The summed E-state index contributed by atoms with van der Waals surface area (Å²) in [6.07, 6.45) is 3.32. The van der Waals surface area contributed by atoms with Crippen LogP contribution in [0.2, 0.25) is 0 Å². The maximum absolute atomic E-state index is 12.6. The second-order valence-corrected chi connectivity index (χ2v) is 7.25. The summed E-state index contributed by atoms with van der Waals surface area (Å²) in [5.74, 6) is 1.04. The Hall–Kier alpha value is -2.10. The number of ketones is 1. The Kier molecular flexibility index (Phi) is 6.80. The van der Waals surface area contributed by atoms with E-state index < -0.39 is 0 Å². The van der Waals surface area contributed by atoms with Gasteiger partial charge in [-0.2, -0.15) is 0 Å². The third kappa shape index (κ3) is 4.94. The van der Waals surface area contributed by atoms with Crippen LogP contribution in [0.3, 0.4) is 0 Å². The fraction of sp³-hybridized carbons (Fsp3) is 0.524. The Balaban J connectivity index is 0.000000511. The van der Waals surface area contributed by atoms with Crippen molar-refractivity contribution in [1.82, 2.24) is 4.90 Å². The van der Waals surface area contributed by atoms with Crippen molar-refractivity contribution in [2.45, 2.75) is 46.6 Å². The molecule has 1 amide bonds. The zero-order valence-electron chi connectivity index (χ0n) is 15.7. The average Bonchev–Trinajstić information content (AvgIpc) is 2.58. The molecular weight excluding hydrogens is 314 g/mol. The Labute approximate surface area is 150 Å². The molecule has 1 aromatic carbocycles. The highest BCUT2D eigenvalue weighted by molar-refractivity contribution is 6.06. The molecule has 0 aromatic heterocycles. The van der Waals surface area contributed by atoms with Crippen molar-refractivity contribution in [1.29, 1.82) is 0 Å². The topological polar surface area (TPSA) is 46.6 Å².